The SMILES string of the molecule is O=C(O)c1cc(Br)ccc1OC1CCOC1=O. The molecule has 1 aliphatic heterocycles. The molecule has 1 saturated heterocycles. The maximum Gasteiger partial charge on any atom is 0.347 e. The van der Waals surface area contributed by atoms with Gasteiger partial charge in [-0.15, -0.1) is 0 Å². The molecular formula is C11H9BrO5. The molecule has 0 aliphatic carbocycles. The van der Waals surface area contributed by atoms with Crippen LogP contribution in [0.3, 0.4) is 0 Å². The average Bonchev–Trinajstić information content (AvgIpc) is 2.67. The number of carbonyl (C=O) groups excluding carboxylic acids is 1. The van der Waals surface area contributed by atoms with E-state index in [1.165, 1.54) is 12.1 Å². The van der Waals surface area contributed by atoms with Gasteiger partial charge in [0.1, 0.15) is 11.3 Å². The topological polar surface area (TPSA) is 72.8 Å². The number of carbonyl (C=O) groups is 2. The van der Waals surface area contributed by atoms with E-state index in [0.29, 0.717) is 17.5 Å². The molecule has 0 aromatic heterocycles. The van der Waals surface area contributed by atoms with Crippen molar-refractivity contribution in [3.8, 4) is 5.75 Å². The summed E-state index contributed by atoms with van der Waals surface area (Å²) in [4.78, 5) is 22.2. The zero-order valence-corrected chi connectivity index (χ0v) is 10.3. The number of benzene rings is 1. The standard InChI is InChI=1S/C11H9BrO5/c12-6-1-2-8(7(5-6)10(13)14)17-9-3-4-16-11(9)15/h1-2,5,9H,3-4H2,(H,13,14). The number of carboxylic acid groups (broad SMARTS) is 1. The number of carboxylic acids is 1. The van der Waals surface area contributed by atoms with E-state index < -0.39 is 18.0 Å². The van der Waals surface area contributed by atoms with E-state index in [1.807, 2.05) is 0 Å². The van der Waals surface area contributed by atoms with Crippen LogP contribution in [0.5, 0.6) is 5.75 Å². The van der Waals surface area contributed by atoms with Crippen LogP contribution in [0, 0.1) is 0 Å². The smallest absolute Gasteiger partial charge is 0.347 e. The monoisotopic (exact) mass is 300 g/mol. The molecule has 1 aromatic rings. The number of hydrogen-bond acceptors (Lipinski definition) is 4. The van der Waals surface area contributed by atoms with Crippen molar-refractivity contribution in [3.05, 3.63) is 28.2 Å². The molecule has 0 bridgehead atoms. The van der Waals surface area contributed by atoms with Crippen LogP contribution in [0.1, 0.15) is 16.8 Å². The van der Waals surface area contributed by atoms with E-state index in [9.17, 15) is 9.59 Å². The summed E-state index contributed by atoms with van der Waals surface area (Å²) in [5, 5.41) is 9.01. The van der Waals surface area contributed by atoms with E-state index in [1.54, 1.807) is 6.07 Å². The average molecular weight is 301 g/mol. The number of cyclic esters (lactones) is 1. The summed E-state index contributed by atoms with van der Waals surface area (Å²) in [5.41, 5.74) is 0.0130. The predicted molar refractivity (Wildman–Crippen MR) is 61.1 cm³/mol. The Labute approximate surface area is 105 Å². The minimum Gasteiger partial charge on any atom is -0.478 e. The number of halogens is 1. The molecule has 1 atom stereocenters. The molecule has 1 aliphatic rings. The second-order valence-corrected chi connectivity index (χ2v) is 4.42. The molecule has 17 heavy (non-hydrogen) atoms. The van der Waals surface area contributed by atoms with Gasteiger partial charge < -0.3 is 14.6 Å². The second-order valence-electron chi connectivity index (χ2n) is 3.51. The first-order valence-corrected chi connectivity index (χ1v) is 5.73. The third kappa shape index (κ3) is 2.58. The zero-order chi connectivity index (χ0) is 12.4. The third-order valence-corrected chi connectivity index (χ3v) is 2.82. The van der Waals surface area contributed by atoms with E-state index in [2.05, 4.69) is 15.9 Å². The molecule has 90 valence electrons. The summed E-state index contributed by atoms with van der Waals surface area (Å²) in [7, 11) is 0. The van der Waals surface area contributed by atoms with Gasteiger partial charge in [-0.3, -0.25) is 0 Å². The summed E-state index contributed by atoms with van der Waals surface area (Å²) >= 11 is 3.18. The van der Waals surface area contributed by atoms with E-state index in [0.717, 1.165) is 0 Å². The van der Waals surface area contributed by atoms with Gasteiger partial charge in [0.05, 0.1) is 6.61 Å². The van der Waals surface area contributed by atoms with Gasteiger partial charge in [0, 0.05) is 10.9 Å². The Hall–Kier alpha value is -1.56. The first kappa shape index (κ1) is 11.9. The number of rotatable bonds is 3. The van der Waals surface area contributed by atoms with Gasteiger partial charge in [0.25, 0.3) is 0 Å². The highest BCUT2D eigenvalue weighted by Crippen LogP contribution is 2.26. The van der Waals surface area contributed by atoms with Crippen molar-refractivity contribution in [1.82, 2.24) is 0 Å². The zero-order valence-electron chi connectivity index (χ0n) is 8.68. The summed E-state index contributed by atoms with van der Waals surface area (Å²) in [5.74, 6) is -1.39. The van der Waals surface area contributed by atoms with Gasteiger partial charge in [-0.05, 0) is 18.2 Å². The normalized spacial score (nSPS) is 18.9. The third-order valence-electron chi connectivity index (χ3n) is 2.33. The fourth-order valence-electron chi connectivity index (χ4n) is 1.51. The molecule has 5 nitrogen and oxygen atoms in total. The largest absolute Gasteiger partial charge is 0.478 e. The van der Waals surface area contributed by atoms with Crippen molar-refractivity contribution in [3.63, 3.8) is 0 Å². The molecule has 0 saturated carbocycles. The van der Waals surface area contributed by atoms with Crippen LogP contribution in [0.25, 0.3) is 0 Å². The maximum absolute atomic E-state index is 11.2. The Kier molecular flexibility index (Phi) is 3.33. The Morgan fingerprint density at radius 1 is 1.53 bits per heavy atom. The highest BCUT2D eigenvalue weighted by Gasteiger charge is 2.29. The van der Waals surface area contributed by atoms with Crippen LogP contribution in [-0.4, -0.2) is 29.8 Å². The van der Waals surface area contributed by atoms with Crippen molar-refractivity contribution < 1.29 is 24.2 Å². The van der Waals surface area contributed by atoms with Crippen LogP contribution >= 0.6 is 15.9 Å². The molecule has 1 aromatic carbocycles. The molecule has 1 N–H and O–H groups in total. The van der Waals surface area contributed by atoms with Crippen molar-refractivity contribution in [2.75, 3.05) is 6.61 Å². The lowest BCUT2D eigenvalue weighted by Gasteiger charge is -2.12. The minimum absolute atomic E-state index is 0.0130. The lowest BCUT2D eigenvalue weighted by molar-refractivity contribution is -0.143. The molecule has 1 heterocycles. The number of ether oxygens (including phenoxy) is 2. The molecule has 1 unspecified atom stereocenters. The van der Waals surface area contributed by atoms with Crippen LogP contribution in [-0.2, 0) is 9.53 Å². The predicted octanol–water partition coefficient (Wildman–Crippen LogP) is 1.84. The number of aromatic carboxylic acids is 1. The lowest BCUT2D eigenvalue weighted by Crippen LogP contribution is -2.22. The number of esters is 1. The fourth-order valence-corrected chi connectivity index (χ4v) is 1.87. The molecule has 1 fully saturated rings. The van der Waals surface area contributed by atoms with Gasteiger partial charge in [-0.1, -0.05) is 15.9 Å². The molecule has 0 radical (unpaired) electrons. The van der Waals surface area contributed by atoms with E-state index in [4.69, 9.17) is 14.6 Å². The maximum atomic E-state index is 11.2. The summed E-state index contributed by atoms with van der Waals surface area (Å²) in [6.07, 6.45) is -0.275. The fraction of sp³-hybridized carbons (Fsp3) is 0.273. The van der Waals surface area contributed by atoms with Crippen molar-refractivity contribution in [1.29, 1.82) is 0 Å². The van der Waals surface area contributed by atoms with Crippen LogP contribution in [0.15, 0.2) is 22.7 Å². The van der Waals surface area contributed by atoms with Crippen molar-refractivity contribution in [2.45, 2.75) is 12.5 Å². The highest BCUT2D eigenvalue weighted by molar-refractivity contribution is 9.10. The van der Waals surface area contributed by atoms with Crippen molar-refractivity contribution >= 4 is 27.9 Å². The Balaban J connectivity index is 2.25. The van der Waals surface area contributed by atoms with Gasteiger partial charge in [-0.2, -0.15) is 0 Å². The van der Waals surface area contributed by atoms with Crippen LogP contribution < -0.4 is 4.74 Å². The summed E-state index contributed by atoms with van der Waals surface area (Å²) in [6.45, 7) is 0.308. The van der Waals surface area contributed by atoms with Crippen LogP contribution in [0.4, 0.5) is 0 Å². The first-order chi connectivity index (χ1) is 8.08. The second kappa shape index (κ2) is 4.75. The highest BCUT2D eigenvalue weighted by atomic mass is 79.9. The first-order valence-electron chi connectivity index (χ1n) is 4.94. The van der Waals surface area contributed by atoms with Crippen LogP contribution in [0.2, 0.25) is 0 Å². The van der Waals surface area contributed by atoms with Gasteiger partial charge >= 0.3 is 11.9 Å². The summed E-state index contributed by atoms with van der Waals surface area (Å²) in [6, 6.07) is 4.60. The van der Waals surface area contributed by atoms with E-state index in [-0.39, 0.29) is 11.3 Å². The van der Waals surface area contributed by atoms with Crippen molar-refractivity contribution in [2.24, 2.45) is 0 Å². The van der Waals surface area contributed by atoms with Gasteiger partial charge in [0.2, 0.25) is 0 Å². The molecule has 2 rings (SSSR count). The number of hydrogen-bond donors (Lipinski definition) is 1. The lowest BCUT2D eigenvalue weighted by atomic mass is 10.2. The molecule has 0 amide bonds. The quantitative estimate of drug-likeness (QED) is 0.862. The molecule has 6 heteroatoms. The minimum atomic E-state index is -1.10. The Bertz CT molecular complexity index is 471. The van der Waals surface area contributed by atoms with Gasteiger partial charge in [0.15, 0.2) is 6.10 Å². The molecule has 0 spiro atoms. The summed E-state index contributed by atoms with van der Waals surface area (Å²) < 4.78 is 10.7. The Morgan fingerprint density at radius 3 is 2.88 bits per heavy atom. The van der Waals surface area contributed by atoms with Gasteiger partial charge in [-0.25, -0.2) is 9.59 Å². The van der Waals surface area contributed by atoms with E-state index >= 15 is 0 Å². The molecular weight excluding hydrogens is 292 g/mol. The Morgan fingerprint density at radius 2 is 2.29 bits per heavy atom.